The van der Waals surface area contributed by atoms with Crippen molar-refractivity contribution in [1.82, 2.24) is 5.32 Å². The zero-order chi connectivity index (χ0) is 15.1. The molecule has 0 aliphatic rings. The Morgan fingerprint density at radius 1 is 1.10 bits per heavy atom. The topological polar surface area (TPSA) is 64.9 Å². The van der Waals surface area contributed by atoms with E-state index in [4.69, 9.17) is 5.26 Å². The molecule has 0 bridgehead atoms. The second-order valence-corrected chi connectivity index (χ2v) is 4.79. The summed E-state index contributed by atoms with van der Waals surface area (Å²) in [7, 11) is 0. The first-order valence-corrected chi connectivity index (χ1v) is 6.73. The van der Waals surface area contributed by atoms with Gasteiger partial charge in [0.1, 0.15) is 0 Å². The fraction of sp³-hybridized carbons (Fsp3) is 0.176. The molecule has 2 N–H and O–H groups in total. The zero-order valence-electron chi connectivity index (χ0n) is 11.9. The molecule has 1 amide bonds. The van der Waals surface area contributed by atoms with Gasteiger partial charge in [-0.1, -0.05) is 24.3 Å². The van der Waals surface area contributed by atoms with Crippen LogP contribution in [0.5, 0.6) is 0 Å². The van der Waals surface area contributed by atoms with Crippen molar-refractivity contribution in [3.8, 4) is 6.07 Å². The highest BCUT2D eigenvalue weighted by molar-refractivity contribution is 5.88. The second kappa shape index (κ2) is 7.22. The molecule has 0 radical (unpaired) electrons. The average Bonchev–Trinajstić information content (AvgIpc) is 2.48. The highest BCUT2D eigenvalue weighted by Crippen LogP contribution is 2.11. The van der Waals surface area contributed by atoms with E-state index >= 15 is 0 Å². The Kier molecular flexibility index (Phi) is 5.08. The Labute approximate surface area is 124 Å². The molecule has 2 aromatic carbocycles. The van der Waals surface area contributed by atoms with E-state index < -0.39 is 0 Å². The average molecular weight is 279 g/mol. The van der Waals surface area contributed by atoms with E-state index in [0.717, 1.165) is 23.4 Å². The maximum atomic E-state index is 11.0. The Morgan fingerprint density at radius 3 is 2.48 bits per heavy atom. The van der Waals surface area contributed by atoms with Crippen LogP contribution in [0, 0.1) is 11.3 Å². The van der Waals surface area contributed by atoms with Crippen LogP contribution < -0.4 is 10.6 Å². The van der Waals surface area contributed by atoms with Crippen LogP contribution in [-0.4, -0.2) is 5.91 Å². The predicted molar refractivity (Wildman–Crippen MR) is 82.4 cm³/mol. The fourth-order valence-corrected chi connectivity index (χ4v) is 2.01. The number of carbonyl (C=O) groups is 1. The molecule has 0 saturated carbocycles. The van der Waals surface area contributed by atoms with Gasteiger partial charge in [0.05, 0.1) is 11.6 Å². The SMILES string of the molecule is CC(=O)Nc1cccc(CNCc2ccc(C#N)cc2)c1. The van der Waals surface area contributed by atoms with Gasteiger partial charge >= 0.3 is 0 Å². The number of nitriles is 1. The largest absolute Gasteiger partial charge is 0.326 e. The summed E-state index contributed by atoms with van der Waals surface area (Å²) in [5.74, 6) is -0.0716. The molecular weight excluding hydrogens is 262 g/mol. The number of anilines is 1. The van der Waals surface area contributed by atoms with E-state index in [0.29, 0.717) is 12.1 Å². The fourth-order valence-electron chi connectivity index (χ4n) is 2.01. The van der Waals surface area contributed by atoms with E-state index in [-0.39, 0.29) is 5.91 Å². The van der Waals surface area contributed by atoms with Crippen molar-refractivity contribution in [2.45, 2.75) is 20.0 Å². The smallest absolute Gasteiger partial charge is 0.221 e. The number of hydrogen-bond donors (Lipinski definition) is 2. The van der Waals surface area contributed by atoms with Crippen LogP contribution >= 0.6 is 0 Å². The molecule has 0 aliphatic carbocycles. The van der Waals surface area contributed by atoms with Crippen molar-refractivity contribution >= 4 is 11.6 Å². The molecule has 0 fully saturated rings. The number of nitrogens with zero attached hydrogens (tertiary/aromatic N) is 1. The zero-order valence-corrected chi connectivity index (χ0v) is 11.9. The van der Waals surface area contributed by atoms with Crippen LogP contribution in [-0.2, 0) is 17.9 Å². The number of hydrogen-bond acceptors (Lipinski definition) is 3. The monoisotopic (exact) mass is 279 g/mol. The van der Waals surface area contributed by atoms with Gasteiger partial charge in [-0.2, -0.15) is 5.26 Å². The maximum Gasteiger partial charge on any atom is 0.221 e. The summed E-state index contributed by atoms with van der Waals surface area (Å²) in [6, 6.07) is 17.4. The lowest BCUT2D eigenvalue weighted by molar-refractivity contribution is -0.114. The van der Waals surface area contributed by atoms with Gasteiger partial charge in [-0.15, -0.1) is 0 Å². The molecule has 0 saturated heterocycles. The Balaban J connectivity index is 1.88. The Hall–Kier alpha value is -2.64. The number of rotatable bonds is 5. The summed E-state index contributed by atoms with van der Waals surface area (Å²) < 4.78 is 0. The maximum absolute atomic E-state index is 11.0. The van der Waals surface area contributed by atoms with Crippen molar-refractivity contribution in [1.29, 1.82) is 5.26 Å². The summed E-state index contributed by atoms with van der Waals surface area (Å²) in [5.41, 5.74) is 3.71. The van der Waals surface area contributed by atoms with E-state index in [1.54, 1.807) is 0 Å². The molecule has 0 atom stereocenters. The van der Waals surface area contributed by atoms with Gasteiger partial charge in [0.25, 0.3) is 0 Å². The molecule has 0 unspecified atom stereocenters. The molecule has 0 spiro atoms. The highest BCUT2D eigenvalue weighted by Gasteiger charge is 1.99. The van der Waals surface area contributed by atoms with E-state index in [2.05, 4.69) is 16.7 Å². The van der Waals surface area contributed by atoms with Crippen molar-refractivity contribution in [3.63, 3.8) is 0 Å². The second-order valence-electron chi connectivity index (χ2n) is 4.79. The molecule has 0 heterocycles. The molecular formula is C17H17N3O. The Bertz CT molecular complexity index is 656. The minimum Gasteiger partial charge on any atom is -0.326 e. The molecule has 4 heteroatoms. The van der Waals surface area contributed by atoms with Gasteiger partial charge < -0.3 is 10.6 Å². The quantitative estimate of drug-likeness (QED) is 0.884. The molecule has 0 aliphatic heterocycles. The number of nitrogens with one attached hydrogen (secondary N) is 2. The van der Waals surface area contributed by atoms with E-state index in [9.17, 15) is 4.79 Å². The van der Waals surface area contributed by atoms with Crippen LogP contribution in [0.2, 0.25) is 0 Å². The minimum absolute atomic E-state index is 0.0716. The summed E-state index contributed by atoms with van der Waals surface area (Å²) in [5, 5.41) is 14.9. The standard InChI is InChI=1S/C17H17N3O/c1-13(21)20-17-4-2-3-16(9-17)12-19-11-15-7-5-14(10-18)6-8-15/h2-9,19H,11-12H2,1H3,(H,20,21). The third-order valence-corrected chi connectivity index (χ3v) is 2.99. The van der Waals surface area contributed by atoms with Gasteiger partial charge in [-0.3, -0.25) is 4.79 Å². The van der Waals surface area contributed by atoms with E-state index in [1.165, 1.54) is 6.92 Å². The van der Waals surface area contributed by atoms with Crippen LogP contribution in [0.1, 0.15) is 23.6 Å². The highest BCUT2D eigenvalue weighted by atomic mass is 16.1. The van der Waals surface area contributed by atoms with Crippen LogP contribution in [0.3, 0.4) is 0 Å². The molecule has 106 valence electrons. The number of benzene rings is 2. The van der Waals surface area contributed by atoms with Crippen molar-refractivity contribution in [2.24, 2.45) is 0 Å². The lowest BCUT2D eigenvalue weighted by atomic mass is 10.1. The van der Waals surface area contributed by atoms with Gasteiger partial charge in [0.15, 0.2) is 0 Å². The van der Waals surface area contributed by atoms with Crippen LogP contribution in [0.4, 0.5) is 5.69 Å². The van der Waals surface area contributed by atoms with Gasteiger partial charge in [0, 0.05) is 25.7 Å². The van der Waals surface area contributed by atoms with Crippen LogP contribution in [0.25, 0.3) is 0 Å². The van der Waals surface area contributed by atoms with Crippen molar-refractivity contribution in [3.05, 3.63) is 65.2 Å². The summed E-state index contributed by atoms with van der Waals surface area (Å²) in [4.78, 5) is 11.0. The summed E-state index contributed by atoms with van der Waals surface area (Å²) in [6.07, 6.45) is 0. The molecule has 0 aromatic heterocycles. The first kappa shape index (κ1) is 14.8. The van der Waals surface area contributed by atoms with Crippen molar-refractivity contribution in [2.75, 3.05) is 5.32 Å². The Morgan fingerprint density at radius 2 is 1.81 bits per heavy atom. The van der Waals surface area contributed by atoms with E-state index in [1.807, 2.05) is 48.5 Å². The number of carbonyl (C=O) groups excluding carboxylic acids is 1. The molecule has 4 nitrogen and oxygen atoms in total. The first-order valence-electron chi connectivity index (χ1n) is 6.73. The third kappa shape index (κ3) is 4.75. The lowest BCUT2D eigenvalue weighted by Gasteiger charge is -2.08. The lowest BCUT2D eigenvalue weighted by Crippen LogP contribution is -2.13. The molecule has 21 heavy (non-hydrogen) atoms. The third-order valence-electron chi connectivity index (χ3n) is 2.99. The van der Waals surface area contributed by atoms with Gasteiger partial charge in [-0.05, 0) is 35.4 Å². The summed E-state index contributed by atoms with van der Waals surface area (Å²) >= 11 is 0. The van der Waals surface area contributed by atoms with Crippen LogP contribution in [0.15, 0.2) is 48.5 Å². The summed E-state index contributed by atoms with van der Waals surface area (Å²) in [6.45, 7) is 2.94. The molecule has 2 rings (SSSR count). The van der Waals surface area contributed by atoms with Crippen molar-refractivity contribution < 1.29 is 4.79 Å². The van der Waals surface area contributed by atoms with Gasteiger partial charge in [0.2, 0.25) is 5.91 Å². The predicted octanol–water partition coefficient (Wildman–Crippen LogP) is 2.81. The van der Waals surface area contributed by atoms with Gasteiger partial charge in [-0.25, -0.2) is 0 Å². The minimum atomic E-state index is -0.0716. The normalized spacial score (nSPS) is 9.90. The first-order chi connectivity index (χ1) is 10.2. The number of amides is 1. The molecule has 2 aromatic rings.